The zero-order valence-corrected chi connectivity index (χ0v) is 15.2. The van der Waals surface area contributed by atoms with Crippen molar-refractivity contribution in [1.82, 2.24) is 0 Å². The van der Waals surface area contributed by atoms with Gasteiger partial charge in [0, 0.05) is 25.4 Å². The summed E-state index contributed by atoms with van der Waals surface area (Å²) < 4.78 is 23.0. The van der Waals surface area contributed by atoms with Gasteiger partial charge >= 0.3 is 14.9 Å². The first-order valence-corrected chi connectivity index (χ1v) is 9.47. The second-order valence-electron chi connectivity index (χ2n) is 5.39. The number of primary amides is 1. The summed E-state index contributed by atoms with van der Waals surface area (Å²) in [5, 5.41) is 0. The summed E-state index contributed by atoms with van der Waals surface area (Å²) in [7, 11) is -2.82. The van der Waals surface area contributed by atoms with Crippen molar-refractivity contribution in [2.45, 2.75) is 65.5 Å². The summed E-state index contributed by atoms with van der Waals surface area (Å²) in [4.78, 5) is 11.0. The molecule has 0 aliphatic heterocycles. The minimum absolute atomic E-state index is 0.0479. The number of amides is 1. The van der Waals surface area contributed by atoms with Crippen LogP contribution in [0.15, 0.2) is 0 Å². The highest BCUT2D eigenvalue weighted by Crippen LogP contribution is 2.37. The lowest BCUT2D eigenvalue weighted by molar-refractivity contribution is 0.0165. The Morgan fingerprint density at radius 2 is 1.48 bits per heavy atom. The first-order chi connectivity index (χ1) is 9.76. The summed E-state index contributed by atoms with van der Waals surface area (Å²) in [5.41, 5.74) is 4.50. The molecule has 1 unspecified atom stereocenters. The Bertz CT molecular complexity index is 295. The van der Waals surface area contributed by atoms with Crippen LogP contribution in [0.2, 0.25) is 5.54 Å². The predicted octanol–water partition coefficient (Wildman–Crippen LogP) is 3.08. The maximum absolute atomic E-state index is 11.0. The van der Waals surface area contributed by atoms with E-state index >= 15 is 0 Å². The van der Waals surface area contributed by atoms with Crippen molar-refractivity contribution in [3.8, 4) is 0 Å². The first-order valence-electron chi connectivity index (χ1n) is 7.67. The third kappa shape index (κ3) is 6.77. The molecule has 126 valence electrons. The third-order valence-electron chi connectivity index (χ3n) is 3.14. The van der Waals surface area contributed by atoms with Gasteiger partial charge in [0.25, 0.3) is 0 Å². The van der Waals surface area contributed by atoms with E-state index in [0.717, 1.165) is 6.42 Å². The molecule has 7 heteroatoms. The van der Waals surface area contributed by atoms with Gasteiger partial charge in [0.2, 0.25) is 0 Å². The lowest BCUT2D eigenvalue weighted by Gasteiger charge is -2.38. The van der Waals surface area contributed by atoms with Gasteiger partial charge in [-0.25, -0.2) is 4.79 Å². The van der Waals surface area contributed by atoms with Gasteiger partial charge < -0.3 is 23.7 Å². The second-order valence-corrected chi connectivity index (χ2v) is 8.28. The molecule has 1 atom stereocenters. The maximum Gasteiger partial charge on any atom is 0.504 e. The molecular weight excluding hydrogens is 290 g/mol. The van der Waals surface area contributed by atoms with Crippen molar-refractivity contribution in [3.63, 3.8) is 0 Å². The summed E-state index contributed by atoms with van der Waals surface area (Å²) in [6.07, 6.45) is 0.627. The quantitative estimate of drug-likeness (QED) is 0.592. The van der Waals surface area contributed by atoms with E-state index in [4.69, 9.17) is 23.7 Å². The van der Waals surface area contributed by atoms with Crippen molar-refractivity contribution >= 4 is 14.9 Å². The molecule has 0 rings (SSSR count). The van der Waals surface area contributed by atoms with Crippen LogP contribution in [0.25, 0.3) is 0 Å². The summed E-state index contributed by atoms with van der Waals surface area (Å²) in [5.74, 6) is 0. The molecule has 0 heterocycles. The van der Waals surface area contributed by atoms with E-state index in [0.29, 0.717) is 26.2 Å². The molecule has 0 radical (unpaired) electrons. The molecular formula is C14H31NO5Si. The maximum atomic E-state index is 11.0. The Kier molecular flexibility index (Phi) is 9.11. The van der Waals surface area contributed by atoms with Crippen LogP contribution in [-0.2, 0) is 18.0 Å². The Morgan fingerprint density at radius 1 is 1.05 bits per heavy atom. The van der Waals surface area contributed by atoms with Crippen LogP contribution in [0.4, 0.5) is 4.79 Å². The van der Waals surface area contributed by atoms with Crippen LogP contribution in [0.3, 0.4) is 0 Å². The van der Waals surface area contributed by atoms with Crippen molar-refractivity contribution in [1.29, 1.82) is 0 Å². The Labute approximate surface area is 129 Å². The Morgan fingerprint density at radius 3 is 1.76 bits per heavy atom. The number of nitrogens with two attached hydrogens (primary N) is 1. The fourth-order valence-electron chi connectivity index (χ4n) is 2.51. The van der Waals surface area contributed by atoms with Gasteiger partial charge in [0.05, 0.1) is 0 Å². The molecule has 0 saturated carbocycles. The van der Waals surface area contributed by atoms with E-state index in [1.807, 2.05) is 34.6 Å². The lowest BCUT2D eigenvalue weighted by Crippen LogP contribution is -2.52. The minimum Gasteiger partial charge on any atom is -0.444 e. The molecule has 0 bridgehead atoms. The van der Waals surface area contributed by atoms with Gasteiger partial charge in [-0.05, 0) is 47.5 Å². The molecule has 0 saturated heterocycles. The highest BCUT2D eigenvalue weighted by Gasteiger charge is 2.50. The molecule has 0 fully saturated rings. The standard InChI is InChI=1S/C14H31NO5Si/c1-7-12(11-14(5,6)20-13(15)16)21(17-8-2,18-9-3)19-10-4/h12H,7-11H2,1-6H3,(H2,15,16). The molecule has 21 heavy (non-hydrogen) atoms. The number of hydrogen-bond donors (Lipinski definition) is 1. The SMILES string of the molecule is CCO[Si](OCC)(OCC)C(CC)CC(C)(C)OC(N)=O. The second kappa shape index (κ2) is 9.40. The number of ether oxygens (including phenoxy) is 1. The normalized spacial score (nSPS) is 14.0. The molecule has 0 aromatic carbocycles. The van der Waals surface area contributed by atoms with E-state index in [2.05, 4.69) is 6.92 Å². The van der Waals surface area contributed by atoms with Gasteiger partial charge in [0.1, 0.15) is 5.60 Å². The highest BCUT2D eigenvalue weighted by atomic mass is 28.4. The van der Waals surface area contributed by atoms with Crippen LogP contribution in [0.1, 0.15) is 54.4 Å². The highest BCUT2D eigenvalue weighted by molar-refractivity contribution is 6.62. The first kappa shape index (κ1) is 20.4. The van der Waals surface area contributed by atoms with Crippen LogP contribution >= 0.6 is 0 Å². The Hall–Kier alpha value is -0.633. The van der Waals surface area contributed by atoms with Gasteiger partial charge in [-0.1, -0.05) is 6.92 Å². The molecule has 0 spiro atoms. The van der Waals surface area contributed by atoms with Crippen LogP contribution in [-0.4, -0.2) is 40.3 Å². The van der Waals surface area contributed by atoms with Crippen molar-refractivity contribution < 1.29 is 22.8 Å². The largest absolute Gasteiger partial charge is 0.504 e. The topological polar surface area (TPSA) is 80.0 Å². The number of carbonyl (C=O) groups excluding carboxylic acids is 1. The minimum atomic E-state index is -2.82. The monoisotopic (exact) mass is 321 g/mol. The summed E-state index contributed by atoms with van der Waals surface area (Å²) in [6.45, 7) is 13.1. The van der Waals surface area contributed by atoms with Gasteiger partial charge in [-0.3, -0.25) is 0 Å². The molecule has 2 N–H and O–H groups in total. The van der Waals surface area contributed by atoms with Crippen LogP contribution in [0.5, 0.6) is 0 Å². The Balaban J connectivity index is 5.23. The molecule has 0 aromatic heterocycles. The average molecular weight is 321 g/mol. The zero-order chi connectivity index (χ0) is 16.5. The molecule has 0 aromatic rings. The van der Waals surface area contributed by atoms with Crippen LogP contribution in [0, 0.1) is 0 Å². The van der Waals surface area contributed by atoms with Gasteiger partial charge in [-0.15, -0.1) is 0 Å². The van der Waals surface area contributed by atoms with E-state index < -0.39 is 20.5 Å². The van der Waals surface area contributed by atoms with Gasteiger partial charge in [0.15, 0.2) is 0 Å². The lowest BCUT2D eigenvalue weighted by atomic mass is 10.0. The van der Waals surface area contributed by atoms with Gasteiger partial charge in [-0.2, -0.15) is 0 Å². The predicted molar refractivity (Wildman–Crippen MR) is 84.0 cm³/mol. The van der Waals surface area contributed by atoms with Crippen molar-refractivity contribution in [2.75, 3.05) is 19.8 Å². The van der Waals surface area contributed by atoms with E-state index in [1.54, 1.807) is 0 Å². The average Bonchev–Trinajstić information content (AvgIpc) is 2.35. The van der Waals surface area contributed by atoms with E-state index in [1.165, 1.54) is 0 Å². The fourth-order valence-corrected chi connectivity index (χ4v) is 5.91. The smallest absolute Gasteiger partial charge is 0.444 e. The zero-order valence-electron chi connectivity index (χ0n) is 14.2. The van der Waals surface area contributed by atoms with Crippen LogP contribution < -0.4 is 5.73 Å². The van der Waals surface area contributed by atoms with Crippen molar-refractivity contribution in [2.24, 2.45) is 5.73 Å². The molecule has 0 aliphatic carbocycles. The number of rotatable bonds is 11. The fraction of sp³-hybridized carbons (Fsp3) is 0.929. The van der Waals surface area contributed by atoms with E-state index in [-0.39, 0.29) is 5.54 Å². The number of carbonyl (C=O) groups is 1. The van der Waals surface area contributed by atoms with Crippen molar-refractivity contribution in [3.05, 3.63) is 0 Å². The summed E-state index contributed by atoms with van der Waals surface area (Å²) in [6, 6.07) is 0. The number of hydrogen-bond acceptors (Lipinski definition) is 5. The third-order valence-corrected chi connectivity index (χ3v) is 6.83. The molecule has 1 amide bonds. The molecule has 0 aliphatic rings. The van der Waals surface area contributed by atoms with E-state index in [9.17, 15) is 4.79 Å². The molecule has 6 nitrogen and oxygen atoms in total. The summed E-state index contributed by atoms with van der Waals surface area (Å²) >= 11 is 0.